The Morgan fingerprint density at radius 3 is 2.25 bits per heavy atom. The zero-order valence-corrected chi connectivity index (χ0v) is 22.1. The number of amides is 3. The summed E-state index contributed by atoms with van der Waals surface area (Å²) in [5.41, 5.74) is 1.75. The molecule has 0 aliphatic carbocycles. The minimum Gasteiger partial charge on any atom is -0.497 e. The van der Waals surface area contributed by atoms with Crippen molar-refractivity contribution < 1.29 is 19.1 Å². The first-order valence-corrected chi connectivity index (χ1v) is 12.7. The summed E-state index contributed by atoms with van der Waals surface area (Å²) in [6.45, 7) is 7.57. The van der Waals surface area contributed by atoms with Gasteiger partial charge in [0.05, 0.1) is 18.5 Å². The van der Waals surface area contributed by atoms with Crippen LogP contribution in [0.5, 0.6) is 5.75 Å². The van der Waals surface area contributed by atoms with E-state index in [-0.39, 0.29) is 18.4 Å². The predicted octanol–water partition coefficient (Wildman–Crippen LogP) is 4.87. The molecule has 1 aromatic heterocycles. The number of methoxy groups -OCH3 is 1. The number of nitrogens with one attached hydrogen (secondary N) is 2. The highest BCUT2D eigenvalue weighted by molar-refractivity contribution is 7.12. The zero-order valence-electron chi connectivity index (χ0n) is 21.3. The number of carbonyl (C=O) groups excluding carboxylic acids is 3. The Bertz CT molecular complexity index is 1170. The molecule has 0 saturated heterocycles. The monoisotopic (exact) mass is 507 g/mol. The first kappa shape index (κ1) is 26.9. The van der Waals surface area contributed by atoms with E-state index in [9.17, 15) is 14.4 Å². The lowest BCUT2D eigenvalue weighted by molar-refractivity contribution is -0.127. The number of thiophene rings is 1. The average Bonchev–Trinajstić information content (AvgIpc) is 3.41. The Kier molecular flexibility index (Phi) is 8.88. The third-order valence-corrected chi connectivity index (χ3v) is 6.88. The SMILES string of the molecule is CCC(C)(C)NC(=O)C(c1ccc(C)cc1)N(C(=O)CNC(=O)c1cccs1)c1ccc(OC)cc1. The zero-order chi connectivity index (χ0) is 26.3. The van der Waals surface area contributed by atoms with Crippen LogP contribution in [0, 0.1) is 6.92 Å². The van der Waals surface area contributed by atoms with Crippen LogP contribution in [-0.2, 0) is 9.59 Å². The van der Waals surface area contributed by atoms with Crippen molar-refractivity contribution in [3.8, 4) is 5.75 Å². The van der Waals surface area contributed by atoms with E-state index in [2.05, 4.69) is 10.6 Å². The molecule has 36 heavy (non-hydrogen) atoms. The molecule has 3 rings (SSSR count). The number of anilines is 1. The number of hydrogen-bond donors (Lipinski definition) is 2. The molecule has 0 saturated carbocycles. The molecule has 3 amide bonds. The Morgan fingerprint density at radius 1 is 1.03 bits per heavy atom. The molecular weight excluding hydrogens is 474 g/mol. The molecule has 190 valence electrons. The van der Waals surface area contributed by atoms with E-state index in [0.29, 0.717) is 28.3 Å². The molecule has 8 heteroatoms. The molecule has 1 atom stereocenters. The fourth-order valence-corrected chi connectivity index (χ4v) is 4.21. The van der Waals surface area contributed by atoms with E-state index in [1.54, 1.807) is 48.9 Å². The molecule has 0 fully saturated rings. The van der Waals surface area contributed by atoms with Crippen LogP contribution < -0.4 is 20.3 Å². The maximum absolute atomic E-state index is 13.8. The number of ether oxygens (including phenoxy) is 1. The average molecular weight is 508 g/mol. The second-order valence-corrected chi connectivity index (χ2v) is 10.1. The molecule has 3 aromatic rings. The lowest BCUT2D eigenvalue weighted by atomic mass is 9.97. The van der Waals surface area contributed by atoms with Gasteiger partial charge in [-0.1, -0.05) is 42.8 Å². The Balaban J connectivity index is 2.03. The van der Waals surface area contributed by atoms with Crippen LogP contribution in [0.1, 0.15) is 54.0 Å². The minimum absolute atomic E-state index is 0.268. The van der Waals surface area contributed by atoms with Gasteiger partial charge in [-0.2, -0.15) is 0 Å². The largest absolute Gasteiger partial charge is 0.497 e. The Hall–Kier alpha value is -3.65. The smallest absolute Gasteiger partial charge is 0.261 e. The third-order valence-electron chi connectivity index (χ3n) is 6.01. The fourth-order valence-electron chi connectivity index (χ4n) is 3.57. The number of carbonyl (C=O) groups is 3. The highest BCUT2D eigenvalue weighted by Gasteiger charge is 2.35. The molecule has 2 N–H and O–H groups in total. The standard InChI is InChI=1S/C28H33N3O4S/c1-6-28(3,4)30-27(34)25(20-11-9-19(2)10-12-20)31(21-13-15-22(35-5)16-14-21)24(32)18-29-26(33)23-8-7-17-36-23/h7-17,25H,6,18H2,1-5H3,(H,29,33)(H,30,34). The van der Waals surface area contributed by atoms with E-state index in [1.807, 2.05) is 52.0 Å². The number of hydrogen-bond acceptors (Lipinski definition) is 5. The van der Waals surface area contributed by atoms with Crippen molar-refractivity contribution in [1.82, 2.24) is 10.6 Å². The van der Waals surface area contributed by atoms with Crippen LogP contribution in [0.3, 0.4) is 0 Å². The van der Waals surface area contributed by atoms with Gasteiger partial charge in [0.2, 0.25) is 11.8 Å². The summed E-state index contributed by atoms with van der Waals surface area (Å²) >= 11 is 1.29. The van der Waals surface area contributed by atoms with E-state index in [4.69, 9.17) is 4.74 Å². The molecule has 0 bridgehead atoms. The van der Waals surface area contributed by atoms with Gasteiger partial charge < -0.3 is 15.4 Å². The van der Waals surface area contributed by atoms with Gasteiger partial charge in [0.1, 0.15) is 11.8 Å². The van der Waals surface area contributed by atoms with Gasteiger partial charge in [0.25, 0.3) is 5.91 Å². The minimum atomic E-state index is -0.948. The number of benzene rings is 2. The van der Waals surface area contributed by atoms with Gasteiger partial charge in [-0.25, -0.2) is 0 Å². The van der Waals surface area contributed by atoms with Crippen LogP contribution in [0.15, 0.2) is 66.0 Å². The van der Waals surface area contributed by atoms with Crippen molar-refractivity contribution >= 4 is 34.7 Å². The van der Waals surface area contributed by atoms with Crippen molar-refractivity contribution in [1.29, 1.82) is 0 Å². The maximum Gasteiger partial charge on any atom is 0.261 e. The van der Waals surface area contributed by atoms with E-state index >= 15 is 0 Å². The van der Waals surface area contributed by atoms with E-state index < -0.39 is 17.5 Å². The predicted molar refractivity (Wildman–Crippen MR) is 144 cm³/mol. The molecule has 1 heterocycles. The molecule has 1 unspecified atom stereocenters. The van der Waals surface area contributed by atoms with Gasteiger partial charge in [0, 0.05) is 11.2 Å². The molecule has 0 spiro atoms. The van der Waals surface area contributed by atoms with Gasteiger partial charge >= 0.3 is 0 Å². The summed E-state index contributed by atoms with van der Waals surface area (Å²) in [5.74, 6) is -0.434. The van der Waals surface area contributed by atoms with Crippen molar-refractivity contribution in [2.45, 2.75) is 45.7 Å². The summed E-state index contributed by atoms with van der Waals surface area (Å²) in [6.07, 6.45) is 0.715. The molecular formula is C28H33N3O4S. The topological polar surface area (TPSA) is 87.7 Å². The summed E-state index contributed by atoms with van der Waals surface area (Å²) in [6, 6.07) is 17.0. The fraction of sp³-hybridized carbons (Fsp3) is 0.321. The van der Waals surface area contributed by atoms with Gasteiger partial charge in [-0.3, -0.25) is 19.3 Å². The quantitative estimate of drug-likeness (QED) is 0.410. The van der Waals surface area contributed by atoms with Gasteiger partial charge in [-0.15, -0.1) is 11.3 Å². The molecule has 2 aromatic carbocycles. The van der Waals surface area contributed by atoms with Crippen molar-refractivity contribution in [2.75, 3.05) is 18.6 Å². The summed E-state index contributed by atoms with van der Waals surface area (Å²) in [5, 5.41) is 7.59. The molecule has 0 radical (unpaired) electrons. The van der Waals surface area contributed by atoms with Crippen LogP contribution in [0.4, 0.5) is 5.69 Å². The normalized spacial score (nSPS) is 11.9. The molecule has 7 nitrogen and oxygen atoms in total. The molecule has 0 aliphatic rings. The molecule has 0 aliphatic heterocycles. The third kappa shape index (κ3) is 6.73. The highest BCUT2D eigenvalue weighted by atomic mass is 32.1. The lowest BCUT2D eigenvalue weighted by Crippen LogP contribution is -2.52. The first-order valence-electron chi connectivity index (χ1n) is 11.8. The number of aryl methyl sites for hydroxylation is 1. The van der Waals surface area contributed by atoms with E-state index in [0.717, 1.165) is 5.56 Å². The van der Waals surface area contributed by atoms with Crippen LogP contribution >= 0.6 is 11.3 Å². The Labute approximate surface area is 216 Å². The highest BCUT2D eigenvalue weighted by Crippen LogP contribution is 2.30. The van der Waals surface area contributed by atoms with Crippen LogP contribution in [0.25, 0.3) is 0 Å². The van der Waals surface area contributed by atoms with E-state index in [1.165, 1.54) is 16.2 Å². The van der Waals surface area contributed by atoms with Gasteiger partial charge in [0.15, 0.2) is 0 Å². The maximum atomic E-state index is 13.8. The van der Waals surface area contributed by atoms with Crippen molar-refractivity contribution in [2.24, 2.45) is 0 Å². The summed E-state index contributed by atoms with van der Waals surface area (Å²) < 4.78 is 5.28. The second-order valence-electron chi connectivity index (χ2n) is 9.16. The first-order chi connectivity index (χ1) is 17.1. The summed E-state index contributed by atoms with van der Waals surface area (Å²) in [7, 11) is 1.56. The Morgan fingerprint density at radius 2 is 1.69 bits per heavy atom. The number of nitrogens with zero attached hydrogens (tertiary/aromatic N) is 1. The van der Waals surface area contributed by atoms with Crippen LogP contribution in [0.2, 0.25) is 0 Å². The number of rotatable bonds is 10. The van der Waals surface area contributed by atoms with Crippen molar-refractivity contribution in [3.05, 3.63) is 82.0 Å². The van der Waals surface area contributed by atoms with Crippen LogP contribution in [-0.4, -0.2) is 36.9 Å². The lowest BCUT2D eigenvalue weighted by Gasteiger charge is -2.34. The van der Waals surface area contributed by atoms with Crippen molar-refractivity contribution in [3.63, 3.8) is 0 Å². The van der Waals surface area contributed by atoms with Gasteiger partial charge in [-0.05, 0) is 68.5 Å². The summed E-state index contributed by atoms with van der Waals surface area (Å²) in [4.78, 5) is 41.9. The second kappa shape index (κ2) is 11.9.